The maximum absolute atomic E-state index is 12.2. The Hall–Kier alpha value is -1.26. The van der Waals surface area contributed by atoms with Crippen LogP contribution in [0.5, 0.6) is 0 Å². The smallest absolute Gasteiger partial charge is 0.318 e. The molecule has 1 fully saturated rings. The average molecular weight is 220 g/mol. The lowest BCUT2D eigenvalue weighted by molar-refractivity contribution is -0.809. The summed E-state index contributed by atoms with van der Waals surface area (Å²) in [5.41, 5.74) is 0.874. The van der Waals surface area contributed by atoms with Gasteiger partial charge < -0.3 is 5.21 Å². The van der Waals surface area contributed by atoms with Crippen molar-refractivity contribution in [1.82, 2.24) is 4.98 Å². The molecule has 0 aromatic carbocycles. The molecule has 1 amide bonds. The van der Waals surface area contributed by atoms with Gasteiger partial charge in [-0.3, -0.25) is 9.63 Å². The molecule has 0 saturated carbocycles. The van der Waals surface area contributed by atoms with Crippen molar-refractivity contribution in [3.05, 3.63) is 35.3 Å². The van der Waals surface area contributed by atoms with E-state index in [4.69, 9.17) is 0 Å². The van der Waals surface area contributed by atoms with Crippen LogP contribution in [0.2, 0.25) is 0 Å². The molecule has 86 valence electrons. The highest BCUT2D eigenvalue weighted by Crippen LogP contribution is 2.19. The second-order valence-electron chi connectivity index (χ2n) is 4.32. The zero-order chi connectivity index (χ0) is 11.4. The first-order valence-corrected chi connectivity index (χ1v) is 5.71. The van der Waals surface area contributed by atoms with Gasteiger partial charge in [0.05, 0.1) is 19.5 Å². The molecule has 1 aromatic heterocycles. The van der Waals surface area contributed by atoms with Crippen LogP contribution in [0.15, 0.2) is 24.5 Å². The third-order valence-electron chi connectivity index (χ3n) is 3.10. The van der Waals surface area contributed by atoms with Crippen molar-refractivity contribution in [2.45, 2.75) is 25.7 Å². The molecule has 1 aliphatic rings. The third kappa shape index (κ3) is 2.46. The largest absolute Gasteiger partial charge is 0.625 e. The molecular formula is C12H16N2O2. The predicted octanol–water partition coefficient (Wildman–Crippen LogP) is 1.65. The molecule has 1 saturated heterocycles. The molecule has 4 heteroatoms. The number of quaternary nitrogens is 1. The summed E-state index contributed by atoms with van der Waals surface area (Å²) in [6.45, 7) is 0.897. The molecule has 2 rings (SSSR count). The fourth-order valence-electron chi connectivity index (χ4n) is 2.09. The lowest BCUT2D eigenvalue weighted by atomic mass is 10.1. The van der Waals surface area contributed by atoms with E-state index in [-0.39, 0.29) is 12.3 Å². The summed E-state index contributed by atoms with van der Waals surface area (Å²) in [5.74, 6) is -0.217. The van der Waals surface area contributed by atoms with Crippen molar-refractivity contribution >= 4 is 5.91 Å². The van der Waals surface area contributed by atoms with Crippen LogP contribution in [0.4, 0.5) is 0 Å². The average Bonchev–Trinajstić information content (AvgIpc) is 2.31. The van der Waals surface area contributed by atoms with Crippen LogP contribution in [-0.2, 0) is 11.2 Å². The summed E-state index contributed by atoms with van der Waals surface area (Å²) in [5, 5.41) is 12.2. The fourth-order valence-corrected chi connectivity index (χ4v) is 2.09. The van der Waals surface area contributed by atoms with Gasteiger partial charge in [0.1, 0.15) is 0 Å². The Morgan fingerprint density at radius 1 is 1.25 bits per heavy atom. The summed E-state index contributed by atoms with van der Waals surface area (Å²) < 4.78 is -0.637. The molecular weight excluding hydrogens is 204 g/mol. The second-order valence-corrected chi connectivity index (χ2v) is 4.32. The number of carbonyl (C=O) groups excluding carboxylic acids is 1. The maximum atomic E-state index is 12.2. The highest BCUT2D eigenvalue weighted by Gasteiger charge is 2.29. The van der Waals surface area contributed by atoms with Gasteiger partial charge in [0.15, 0.2) is 0 Å². The van der Waals surface area contributed by atoms with Crippen molar-refractivity contribution in [3.63, 3.8) is 0 Å². The number of pyridine rings is 1. The zero-order valence-corrected chi connectivity index (χ0v) is 9.26. The molecule has 0 spiro atoms. The van der Waals surface area contributed by atoms with Crippen LogP contribution in [0, 0.1) is 5.21 Å². The van der Waals surface area contributed by atoms with E-state index in [9.17, 15) is 10.0 Å². The summed E-state index contributed by atoms with van der Waals surface area (Å²) in [4.78, 5) is 15.8. The number of carbonyl (C=O) groups is 1. The predicted molar refractivity (Wildman–Crippen MR) is 60.2 cm³/mol. The number of hydroxylamine groups is 3. The molecule has 1 aromatic rings. The summed E-state index contributed by atoms with van der Waals surface area (Å²) in [7, 11) is 0. The number of likely N-dealkylation sites (tertiary alicyclic amines) is 1. The van der Waals surface area contributed by atoms with E-state index in [1.165, 1.54) is 0 Å². The molecule has 0 bridgehead atoms. The molecule has 2 heterocycles. The van der Waals surface area contributed by atoms with Gasteiger partial charge in [0.2, 0.25) is 0 Å². The first-order valence-electron chi connectivity index (χ1n) is 5.71. The number of rotatable bonds is 2. The van der Waals surface area contributed by atoms with Crippen molar-refractivity contribution in [2.75, 3.05) is 13.1 Å². The van der Waals surface area contributed by atoms with Gasteiger partial charge in [0.25, 0.3) is 0 Å². The van der Waals surface area contributed by atoms with Crippen LogP contribution in [0.1, 0.15) is 24.8 Å². The van der Waals surface area contributed by atoms with Crippen LogP contribution in [0.25, 0.3) is 0 Å². The van der Waals surface area contributed by atoms with E-state index in [1.54, 1.807) is 24.5 Å². The Kier molecular flexibility index (Phi) is 3.31. The third-order valence-corrected chi connectivity index (χ3v) is 3.10. The quantitative estimate of drug-likeness (QED) is 0.562. The van der Waals surface area contributed by atoms with E-state index in [1.807, 2.05) is 0 Å². The normalized spacial score (nSPS) is 19.3. The summed E-state index contributed by atoms with van der Waals surface area (Å²) in [6.07, 6.45) is 6.33. The van der Waals surface area contributed by atoms with Gasteiger partial charge in [-0.25, -0.2) is 4.79 Å². The van der Waals surface area contributed by atoms with Crippen LogP contribution in [0.3, 0.4) is 0 Å². The molecule has 1 aliphatic heterocycles. The Morgan fingerprint density at radius 2 is 1.88 bits per heavy atom. The summed E-state index contributed by atoms with van der Waals surface area (Å²) >= 11 is 0. The lowest BCUT2D eigenvalue weighted by Crippen LogP contribution is -2.51. The maximum Gasteiger partial charge on any atom is 0.318 e. The number of hydrogen-bond acceptors (Lipinski definition) is 3. The highest BCUT2D eigenvalue weighted by molar-refractivity contribution is 5.72. The number of piperidine rings is 1. The van der Waals surface area contributed by atoms with E-state index >= 15 is 0 Å². The zero-order valence-electron chi connectivity index (χ0n) is 9.26. The highest BCUT2D eigenvalue weighted by atomic mass is 16.6. The fraction of sp³-hybridized carbons (Fsp3) is 0.500. The van der Waals surface area contributed by atoms with E-state index in [2.05, 4.69) is 4.98 Å². The van der Waals surface area contributed by atoms with E-state index < -0.39 is 4.65 Å². The van der Waals surface area contributed by atoms with Crippen molar-refractivity contribution < 1.29 is 9.44 Å². The first-order chi connectivity index (χ1) is 7.71. The monoisotopic (exact) mass is 220 g/mol. The molecule has 0 radical (unpaired) electrons. The Balaban J connectivity index is 2.02. The minimum absolute atomic E-state index is 0.217. The Labute approximate surface area is 95.1 Å². The molecule has 0 aliphatic carbocycles. The molecule has 0 atom stereocenters. The SMILES string of the molecule is O=C(Cc1ccncc1)[N+]1([O-])CCCCC1. The topological polar surface area (TPSA) is 53.0 Å². The van der Waals surface area contributed by atoms with Crippen molar-refractivity contribution in [1.29, 1.82) is 0 Å². The molecule has 0 unspecified atom stereocenters. The molecule has 0 N–H and O–H groups in total. The number of aromatic nitrogens is 1. The number of nitrogens with zero attached hydrogens (tertiary/aromatic N) is 2. The number of hydrogen-bond donors (Lipinski definition) is 0. The van der Waals surface area contributed by atoms with Crippen LogP contribution in [-0.4, -0.2) is 28.6 Å². The molecule has 4 nitrogen and oxygen atoms in total. The minimum Gasteiger partial charge on any atom is -0.625 e. The van der Waals surface area contributed by atoms with Gasteiger partial charge in [-0.15, -0.1) is 0 Å². The van der Waals surface area contributed by atoms with Crippen molar-refractivity contribution in [3.8, 4) is 0 Å². The van der Waals surface area contributed by atoms with Crippen LogP contribution < -0.4 is 0 Å². The number of amides is 1. The lowest BCUT2D eigenvalue weighted by Gasteiger charge is -2.42. The second kappa shape index (κ2) is 4.72. The van der Waals surface area contributed by atoms with E-state index in [0.717, 1.165) is 24.8 Å². The van der Waals surface area contributed by atoms with Crippen molar-refractivity contribution in [2.24, 2.45) is 0 Å². The van der Waals surface area contributed by atoms with Gasteiger partial charge >= 0.3 is 5.91 Å². The van der Waals surface area contributed by atoms with Gasteiger partial charge in [0, 0.05) is 12.4 Å². The standard InChI is InChI=1S/C12H16N2O2/c15-12(10-11-4-6-13-7-5-11)14(16)8-2-1-3-9-14/h4-7H,1-3,8-10H2. The summed E-state index contributed by atoms with van der Waals surface area (Å²) in [6, 6.07) is 3.57. The van der Waals surface area contributed by atoms with Crippen LogP contribution >= 0.6 is 0 Å². The van der Waals surface area contributed by atoms with Gasteiger partial charge in [-0.05, 0) is 37.0 Å². The van der Waals surface area contributed by atoms with E-state index in [0.29, 0.717) is 13.1 Å². The molecule has 16 heavy (non-hydrogen) atoms. The minimum atomic E-state index is -0.637. The Bertz CT molecular complexity index is 359. The van der Waals surface area contributed by atoms with Gasteiger partial charge in [-0.2, -0.15) is 0 Å². The first kappa shape index (κ1) is 11.2. The van der Waals surface area contributed by atoms with Gasteiger partial charge in [-0.1, -0.05) is 0 Å². The Morgan fingerprint density at radius 3 is 2.50 bits per heavy atom.